The topological polar surface area (TPSA) is 97.8 Å². The number of anilines is 3. The number of rotatable bonds is 14. The van der Waals surface area contributed by atoms with Gasteiger partial charge in [0.2, 0.25) is 11.8 Å². The molecule has 10 heteroatoms. The number of nitrogens with one attached hydrogen (secondary N) is 2. The van der Waals surface area contributed by atoms with Crippen molar-refractivity contribution in [3.63, 3.8) is 0 Å². The van der Waals surface area contributed by atoms with Crippen LogP contribution in [0.1, 0.15) is 52.7 Å². The number of ether oxygens (including phenoxy) is 3. The van der Waals surface area contributed by atoms with Gasteiger partial charge in [0.1, 0.15) is 23.7 Å². The van der Waals surface area contributed by atoms with E-state index in [9.17, 15) is 4.79 Å². The number of aromatic nitrogens is 2. The third kappa shape index (κ3) is 9.35. The monoisotopic (exact) mass is 675 g/mol. The lowest BCUT2D eigenvalue weighted by molar-refractivity contribution is 0.102. The summed E-state index contributed by atoms with van der Waals surface area (Å²) in [5, 5.41) is 6.01. The van der Waals surface area contributed by atoms with Crippen LogP contribution in [0.2, 0.25) is 0 Å². The molecule has 1 saturated heterocycles. The van der Waals surface area contributed by atoms with Crippen LogP contribution < -0.4 is 24.8 Å². The van der Waals surface area contributed by atoms with E-state index in [0.29, 0.717) is 36.1 Å². The van der Waals surface area contributed by atoms with E-state index in [2.05, 4.69) is 25.5 Å². The smallest absolute Gasteiger partial charge is 0.262 e. The second-order valence-corrected chi connectivity index (χ2v) is 12.4. The van der Waals surface area contributed by atoms with Crippen molar-refractivity contribution in [2.24, 2.45) is 0 Å². The van der Waals surface area contributed by atoms with Gasteiger partial charge in [-0.1, -0.05) is 55.0 Å². The minimum absolute atomic E-state index is 0.0262. The summed E-state index contributed by atoms with van der Waals surface area (Å²) < 4.78 is 32.8. The first kappa shape index (κ1) is 34.4. The molecule has 0 spiro atoms. The first-order valence-electron chi connectivity index (χ1n) is 17.0. The molecule has 1 aromatic heterocycles. The molecule has 2 N–H and O–H groups in total. The maximum absolute atomic E-state index is 15.0. The molecular weight excluding hydrogens is 633 g/mol. The van der Waals surface area contributed by atoms with E-state index < -0.39 is 11.7 Å². The molecule has 1 aliphatic rings. The predicted octanol–water partition coefficient (Wildman–Crippen LogP) is 8.85. The Balaban J connectivity index is 1.15. The number of hydrogen-bond acceptors (Lipinski definition) is 8. The van der Waals surface area contributed by atoms with Crippen LogP contribution in [-0.2, 0) is 6.61 Å². The summed E-state index contributed by atoms with van der Waals surface area (Å²) in [7, 11) is 0. The van der Waals surface area contributed by atoms with Crippen LogP contribution in [-0.4, -0.2) is 47.0 Å². The van der Waals surface area contributed by atoms with E-state index >= 15 is 4.39 Å². The number of carbonyl (C=O) groups excluding carboxylic acids is 1. The van der Waals surface area contributed by atoms with Gasteiger partial charge in [-0.15, -0.1) is 0 Å². The minimum atomic E-state index is -0.497. The van der Waals surface area contributed by atoms with Crippen molar-refractivity contribution in [1.82, 2.24) is 14.9 Å². The lowest BCUT2D eigenvalue weighted by Gasteiger charge is -2.26. The molecule has 50 heavy (non-hydrogen) atoms. The highest BCUT2D eigenvalue weighted by molar-refractivity contribution is 6.06. The molecule has 4 aromatic carbocycles. The zero-order valence-electron chi connectivity index (χ0n) is 28.5. The molecule has 5 aromatic rings. The summed E-state index contributed by atoms with van der Waals surface area (Å²) in [6.45, 7) is 7.92. The Hall–Kier alpha value is -5.48. The summed E-state index contributed by atoms with van der Waals surface area (Å²) in [4.78, 5) is 24.9. The SMILES string of the molecule is Cc1cccc(C)c1NC(=O)c1cnc(Nc2ccc(OCCCN3CCCCC3)c(F)c2)nc1Oc1ccc(OCc2ccccc2)cc1. The molecule has 258 valence electrons. The number of carbonyl (C=O) groups is 1. The van der Waals surface area contributed by atoms with Gasteiger partial charge in [-0.25, -0.2) is 9.37 Å². The van der Waals surface area contributed by atoms with E-state index in [-0.39, 0.29) is 23.1 Å². The summed E-state index contributed by atoms with van der Waals surface area (Å²) in [6, 6.07) is 27.3. The zero-order chi connectivity index (χ0) is 34.7. The van der Waals surface area contributed by atoms with Gasteiger partial charge < -0.3 is 29.7 Å². The lowest BCUT2D eigenvalue weighted by atomic mass is 10.1. The van der Waals surface area contributed by atoms with Crippen molar-refractivity contribution < 1.29 is 23.4 Å². The standard InChI is InChI=1S/C40H42FN5O4/c1-28-11-9-12-29(2)37(28)44-38(47)34-26-42-40(43-31-15-20-36(35(41)25-31)48-24-10-23-46-21-7-4-8-22-46)45-39(34)50-33-18-16-32(17-19-33)49-27-30-13-5-3-6-14-30/h3,5-6,9,11-20,25-26H,4,7-8,10,21-24,27H2,1-2H3,(H,44,47)(H,42,43,45). The Bertz CT molecular complexity index is 1860. The van der Waals surface area contributed by atoms with Crippen LogP contribution in [0.5, 0.6) is 23.1 Å². The largest absolute Gasteiger partial charge is 0.490 e. The zero-order valence-corrected chi connectivity index (χ0v) is 28.5. The second kappa shape index (κ2) is 16.8. The fraction of sp³-hybridized carbons (Fsp3) is 0.275. The summed E-state index contributed by atoms with van der Waals surface area (Å²) >= 11 is 0. The number of nitrogens with zero attached hydrogens (tertiary/aromatic N) is 3. The number of para-hydroxylation sites is 1. The summed E-state index contributed by atoms with van der Waals surface area (Å²) in [6.07, 6.45) is 6.00. The summed E-state index contributed by atoms with van der Waals surface area (Å²) in [5.74, 6) is 0.516. The molecule has 1 amide bonds. The van der Waals surface area contributed by atoms with E-state index in [1.165, 1.54) is 31.5 Å². The highest BCUT2D eigenvalue weighted by Crippen LogP contribution is 2.30. The van der Waals surface area contributed by atoms with Crippen LogP contribution in [0.4, 0.5) is 21.7 Å². The van der Waals surface area contributed by atoms with E-state index in [1.807, 2.05) is 62.4 Å². The molecule has 0 bridgehead atoms. The van der Waals surface area contributed by atoms with Crippen molar-refractivity contribution in [3.8, 4) is 23.1 Å². The molecule has 0 saturated carbocycles. The minimum Gasteiger partial charge on any atom is -0.490 e. The van der Waals surface area contributed by atoms with Crippen LogP contribution in [0, 0.1) is 19.7 Å². The van der Waals surface area contributed by atoms with E-state index in [0.717, 1.165) is 42.7 Å². The van der Waals surface area contributed by atoms with Crippen molar-refractivity contribution >= 4 is 23.2 Å². The van der Waals surface area contributed by atoms with Crippen molar-refractivity contribution in [2.45, 2.75) is 46.1 Å². The molecule has 0 unspecified atom stereocenters. The van der Waals surface area contributed by atoms with Crippen molar-refractivity contribution in [2.75, 3.05) is 36.9 Å². The first-order valence-corrected chi connectivity index (χ1v) is 17.0. The third-order valence-corrected chi connectivity index (χ3v) is 8.52. The highest BCUT2D eigenvalue weighted by atomic mass is 19.1. The molecular formula is C40H42FN5O4. The Morgan fingerprint density at radius 3 is 2.34 bits per heavy atom. The maximum Gasteiger partial charge on any atom is 0.262 e. The van der Waals surface area contributed by atoms with Gasteiger partial charge in [-0.05, 0) is 99.3 Å². The highest BCUT2D eigenvalue weighted by Gasteiger charge is 2.20. The number of piperidine rings is 1. The van der Waals surface area contributed by atoms with Crippen LogP contribution >= 0.6 is 0 Å². The molecule has 1 fully saturated rings. The Morgan fingerprint density at radius 2 is 1.60 bits per heavy atom. The molecule has 6 rings (SSSR count). The normalized spacial score (nSPS) is 13.0. The van der Waals surface area contributed by atoms with Gasteiger partial charge >= 0.3 is 0 Å². The van der Waals surface area contributed by atoms with Crippen LogP contribution in [0.3, 0.4) is 0 Å². The number of aryl methyl sites for hydroxylation is 2. The average molecular weight is 676 g/mol. The third-order valence-electron chi connectivity index (χ3n) is 8.52. The van der Waals surface area contributed by atoms with Gasteiger partial charge in [0.15, 0.2) is 11.6 Å². The number of amides is 1. The molecule has 1 aliphatic heterocycles. The lowest BCUT2D eigenvalue weighted by Crippen LogP contribution is -2.31. The Morgan fingerprint density at radius 1 is 0.860 bits per heavy atom. The first-order chi connectivity index (χ1) is 24.4. The Labute approximate surface area is 292 Å². The Kier molecular flexibility index (Phi) is 11.5. The van der Waals surface area contributed by atoms with E-state index in [1.54, 1.807) is 36.4 Å². The van der Waals surface area contributed by atoms with Crippen LogP contribution in [0.15, 0.2) is 97.2 Å². The molecule has 0 radical (unpaired) electrons. The van der Waals surface area contributed by atoms with Gasteiger partial charge in [0, 0.05) is 30.2 Å². The number of likely N-dealkylation sites (tertiary alicyclic amines) is 1. The molecule has 9 nitrogen and oxygen atoms in total. The summed E-state index contributed by atoms with van der Waals surface area (Å²) in [5.41, 5.74) is 4.14. The quantitative estimate of drug-likeness (QED) is 0.113. The van der Waals surface area contributed by atoms with Gasteiger partial charge in [-0.2, -0.15) is 4.98 Å². The molecule has 2 heterocycles. The number of benzene rings is 4. The van der Waals surface area contributed by atoms with Crippen LogP contribution in [0.25, 0.3) is 0 Å². The molecule has 0 aliphatic carbocycles. The fourth-order valence-corrected chi connectivity index (χ4v) is 5.79. The second-order valence-electron chi connectivity index (χ2n) is 12.4. The number of hydrogen-bond donors (Lipinski definition) is 2. The maximum atomic E-state index is 15.0. The van der Waals surface area contributed by atoms with E-state index in [4.69, 9.17) is 14.2 Å². The predicted molar refractivity (Wildman–Crippen MR) is 193 cm³/mol. The molecule has 0 atom stereocenters. The van der Waals surface area contributed by atoms with Gasteiger partial charge in [0.25, 0.3) is 5.91 Å². The number of halogens is 1. The average Bonchev–Trinajstić information content (AvgIpc) is 3.13. The van der Waals surface area contributed by atoms with Gasteiger partial charge in [0.05, 0.1) is 6.61 Å². The van der Waals surface area contributed by atoms with Gasteiger partial charge in [-0.3, -0.25) is 4.79 Å². The fourth-order valence-electron chi connectivity index (χ4n) is 5.79. The van der Waals surface area contributed by atoms with Crippen molar-refractivity contribution in [1.29, 1.82) is 0 Å². The van der Waals surface area contributed by atoms with Crippen molar-refractivity contribution in [3.05, 3.63) is 125 Å².